The minimum atomic E-state index is -4.98. The number of methoxy groups -OCH3 is 3. The topological polar surface area (TPSA) is 85.3 Å². The number of halogens is 3. The smallest absolute Gasteiger partial charge is 0.406 e. The first-order valence-corrected chi connectivity index (χ1v) is 7.50. The predicted octanol–water partition coefficient (Wildman–Crippen LogP) is 2.19. The Balaban J connectivity index is 2.40. The van der Waals surface area contributed by atoms with E-state index in [0.717, 1.165) is 4.90 Å². The molecule has 1 N–H and O–H groups in total. The molecule has 0 radical (unpaired) electrons. The molecule has 1 fully saturated rings. The second-order valence-electron chi connectivity index (χ2n) is 5.77. The molecule has 0 saturated carbocycles. The molecule has 144 valence electrons. The van der Waals surface area contributed by atoms with Crippen molar-refractivity contribution in [2.45, 2.75) is 12.6 Å². The van der Waals surface area contributed by atoms with E-state index in [1.807, 2.05) is 0 Å². The summed E-state index contributed by atoms with van der Waals surface area (Å²) >= 11 is 0. The van der Waals surface area contributed by atoms with Gasteiger partial charge in [0.25, 0.3) is 5.91 Å². The van der Waals surface area contributed by atoms with Gasteiger partial charge in [0.2, 0.25) is 0 Å². The van der Waals surface area contributed by atoms with Gasteiger partial charge in [0.05, 0.1) is 26.9 Å². The molecule has 10 heteroatoms. The largest absolute Gasteiger partial charge is 0.496 e. The summed E-state index contributed by atoms with van der Waals surface area (Å²) < 4.78 is 55.2. The Morgan fingerprint density at radius 3 is 2.04 bits per heavy atom. The molecule has 2 rings (SSSR count). The third-order valence-electron chi connectivity index (χ3n) is 4.44. The Morgan fingerprint density at radius 2 is 1.62 bits per heavy atom. The number of nitrogens with zero attached hydrogens (tertiary/aromatic N) is 1. The Bertz CT molecular complexity index is 721. The third-order valence-corrected chi connectivity index (χ3v) is 4.44. The predicted molar refractivity (Wildman–Crippen MR) is 82.7 cm³/mol. The summed E-state index contributed by atoms with van der Waals surface area (Å²) in [6, 6.07) is 2.66. The number of benzene rings is 1. The molecule has 1 aliphatic heterocycles. The van der Waals surface area contributed by atoms with E-state index in [1.165, 1.54) is 33.5 Å². The summed E-state index contributed by atoms with van der Waals surface area (Å²) in [5.41, 5.74) is -3.03. The van der Waals surface area contributed by atoms with Crippen molar-refractivity contribution in [3.63, 3.8) is 0 Å². The Hall–Kier alpha value is -2.65. The normalized spacial score (nSPS) is 20.0. The fraction of sp³-hybridized carbons (Fsp3) is 0.500. The zero-order valence-electron chi connectivity index (χ0n) is 14.3. The molecule has 26 heavy (non-hydrogen) atoms. The van der Waals surface area contributed by atoms with E-state index in [4.69, 9.17) is 19.3 Å². The van der Waals surface area contributed by atoms with Crippen LogP contribution in [0.4, 0.5) is 13.2 Å². The fourth-order valence-electron chi connectivity index (χ4n) is 2.88. The van der Waals surface area contributed by atoms with E-state index in [1.54, 1.807) is 0 Å². The molecule has 7 nitrogen and oxygen atoms in total. The molecule has 0 aromatic heterocycles. The van der Waals surface area contributed by atoms with Gasteiger partial charge in [-0.2, -0.15) is 13.2 Å². The second-order valence-corrected chi connectivity index (χ2v) is 5.77. The lowest BCUT2D eigenvalue weighted by Gasteiger charge is -2.27. The quantitative estimate of drug-likeness (QED) is 0.847. The number of hydrogen-bond donors (Lipinski definition) is 1. The summed E-state index contributed by atoms with van der Waals surface area (Å²) in [5.74, 6) is -2.24. The van der Waals surface area contributed by atoms with E-state index in [2.05, 4.69) is 0 Å². The van der Waals surface area contributed by atoms with Gasteiger partial charge in [-0.05, 0) is 6.42 Å². The van der Waals surface area contributed by atoms with E-state index in [0.29, 0.717) is 0 Å². The van der Waals surface area contributed by atoms with Gasteiger partial charge in [-0.3, -0.25) is 9.59 Å². The van der Waals surface area contributed by atoms with Crippen molar-refractivity contribution in [2.24, 2.45) is 5.41 Å². The first-order valence-electron chi connectivity index (χ1n) is 7.50. The van der Waals surface area contributed by atoms with Crippen LogP contribution in [0.3, 0.4) is 0 Å². The van der Waals surface area contributed by atoms with Gasteiger partial charge in [-0.25, -0.2) is 0 Å². The molecule has 1 aromatic rings. The maximum Gasteiger partial charge on any atom is 0.406 e. The number of aliphatic carboxylic acids is 1. The average molecular weight is 377 g/mol. The van der Waals surface area contributed by atoms with Gasteiger partial charge in [-0.15, -0.1) is 0 Å². The highest BCUT2D eigenvalue weighted by Gasteiger charge is 2.64. The highest BCUT2D eigenvalue weighted by molar-refractivity contribution is 5.98. The number of amides is 1. The van der Waals surface area contributed by atoms with Crippen molar-refractivity contribution >= 4 is 11.9 Å². The number of hydrogen-bond acceptors (Lipinski definition) is 5. The third kappa shape index (κ3) is 3.11. The second kappa shape index (κ2) is 6.93. The van der Waals surface area contributed by atoms with Crippen LogP contribution in [-0.4, -0.2) is 62.5 Å². The Labute approximate surface area is 147 Å². The standard InChI is InChI=1S/C16H18F3NO6/c1-24-10-7-12(26-3)11(25-2)6-9(10)13(21)20-5-4-15(8-20,14(22)23)16(17,18)19/h6-7H,4-5,8H2,1-3H3,(H,22,23). The highest BCUT2D eigenvalue weighted by Crippen LogP contribution is 2.46. The molecule has 1 atom stereocenters. The van der Waals surface area contributed by atoms with Crippen LogP contribution in [0.1, 0.15) is 16.8 Å². The zero-order valence-corrected chi connectivity index (χ0v) is 14.3. The summed E-state index contributed by atoms with van der Waals surface area (Å²) in [6.07, 6.45) is -5.69. The number of alkyl halides is 3. The summed E-state index contributed by atoms with van der Waals surface area (Å²) in [5, 5.41) is 9.10. The molecule has 1 amide bonds. The minimum absolute atomic E-state index is 0.0477. The van der Waals surface area contributed by atoms with Crippen LogP contribution in [-0.2, 0) is 4.79 Å². The summed E-state index contributed by atoms with van der Waals surface area (Å²) in [7, 11) is 4.01. The molecular formula is C16H18F3NO6. The van der Waals surface area contributed by atoms with Crippen LogP contribution in [0.5, 0.6) is 17.2 Å². The van der Waals surface area contributed by atoms with Crippen molar-refractivity contribution < 1.29 is 42.1 Å². The van der Waals surface area contributed by atoms with Gasteiger partial charge < -0.3 is 24.2 Å². The van der Waals surface area contributed by atoms with Crippen LogP contribution < -0.4 is 14.2 Å². The van der Waals surface area contributed by atoms with Crippen molar-refractivity contribution in [1.82, 2.24) is 4.90 Å². The van der Waals surface area contributed by atoms with Crippen molar-refractivity contribution in [3.8, 4) is 17.2 Å². The van der Waals surface area contributed by atoms with Crippen LogP contribution in [0.15, 0.2) is 12.1 Å². The first-order chi connectivity index (χ1) is 12.1. The molecule has 1 unspecified atom stereocenters. The number of likely N-dealkylation sites (tertiary alicyclic amines) is 1. The van der Waals surface area contributed by atoms with Gasteiger partial charge in [0.15, 0.2) is 16.9 Å². The average Bonchev–Trinajstić information content (AvgIpc) is 3.06. The highest BCUT2D eigenvalue weighted by atomic mass is 19.4. The lowest BCUT2D eigenvalue weighted by atomic mass is 9.86. The molecular weight excluding hydrogens is 359 g/mol. The molecule has 1 aliphatic rings. The van der Waals surface area contributed by atoms with Crippen molar-refractivity contribution in [1.29, 1.82) is 0 Å². The number of rotatable bonds is 5. The van der Waals surface area contributed by atoms with Gasteiger partial charge >= 0.3 is 12.1 Å². The first kappa shape index (κ1) is 19.7. The van der Waals surface area contributed by atoms with E-state index in [9.17, 15) is 22.8 Å². The minimum Gasteiger partial charge on any atom is -0.496 e. The number of carbonyl (C=O) groups excluding carboxylic acids is 1. The Morgan fingerprint density at radius 1 is 1.08 bits per heavy atom. The number of carboxylic acid groups (broad SMARTS) is 1. The lowest BCUT2D eigenvalue weighted by Crippen LogP contribution is -2.47. The summed E-state index contributed by atoms with van der Waals surface area (Å²) in [4.78, 5) is 24.8. The van der Waals surface area contributed by atoms with Crippen LogP contribution in [0.2, 0.25) is 0 Å². The molecule has 1 heterocycles. The molecule has 0 aliphatic carbocycles. The fourth-order valence-corrected chi connectivity index (χ4v) is 2.88. The van der Waals surface area contributed by atoms with Crippen LogP contribution in [0, 0.1) is 5.41 Å². The number of carbonyl (C=O) groups is 2. The van der Waals surface area contributed by atoms with Crippen molar-refractivity contribution in [3.05, 3.63) is 17.7 Å². The zero-order chi connectivity index (χ0) is 19.7. The molecule has 0 bridgehead atoms. The van der Waals surface area contributed by atoms with Crippen LogP contribution >= 0.6 is 0 Å². The maximum atomic E-state index is 13.3. The number of carboxylic acids is 1. The van der Waals surface area contributed by atoms with E-state index >= 15 is 0 Å². The maximum absolute atomic E-state index is 13.3. The SMILES string of the molecule is COc1cc(OC)c(C(=O)N2CCC(C(=O)O)(C(F)(F)F)C2)cc1OC. The van der Waals surface area contributed by atoms with E-state index < -0.39 is 36.4 Å². The monoisotopic (exact) mass is 377 g/mol. The molecule has 1 saturated heterocycles. The van der Waals surface area contributed by atoms with Crippen molar-refractivity contribution in [2.75, 3.05) is 34.4 Å². The lowest BCUT2D eigenvalue weighted by molar-refractivity contribution is -0.227. The molecule has 1 aromatic carbocycles. The summed E-state index contributed by atoms with van der Waals surface area (Å²) in [6.45, 7) is -1.32. The molecule has 0 spiro atoms. The Kier molecular flexibility index (Phi) is 5.24. The van der Waals surface area contributed by atoms with Gasteiger partial charge in [0.1, 0.15) is 5.75 Å². The van der Waals surface area contributed by atoms with Crippen LogP contribution in [0.25, 0.3) is 0 Å². The van der Waals surface area contributed by atoms with Gasteiger partial charge in [0, 0.05) is 25.2 Å². The number of ether oxygens (including phenoxy) is 3. The van der Waals surface area contributed by atoms with E-state index in [-0.39, 0.29) is 29.4 Å². The van der Waals surface area contributed by atoms with Gasteiger partial charge in [-0.1, -0.05) is 0 Å².